The molecule has 0 rings (SSSR count). The highest BCUT2D eigenvalue weighted by atomic mass is 32.2. The summed E-state index contributed by atoms with van der Waals surface area (Å²) in [5.74, 6) is 0.516. The van der Waals surface area contributed by atoms with E-state index in [0.29, 0.717) is 12.5 Å². The SMILES string of the molecule is CCC(C)C(C)(C)CNS(C)(=O)=O. The van der Waals surface area contributed by atoms with Crippen LogP contribution in [0.15, 0.2) is 0 Å². The van der Waals surface area contributed by atoms with Gasteiger partial charge in [-0.15, -0.1) is 0 Å². The summed E-state index contributed by atoms with van der Waals surface area (Å²) < 4.78 is 24.3. The second kappa shape index (κ2) is 4.42. The van der Waals surface area contributed by atoms with E-state index in [1.807, 2.05) is 0 Å². The van der Waals surface area contributed by atoms with E-state index in [4.69, 9.17) is 0 Å². The zero-order valence-corrected chi connectivity index (χ0v) is 10.0. The third-order valence-corrected chi connectivity index (χ3v) is 3.41. The van der Waals surface area contributed by atoms with E-state index < -0.39 is 10.0 Å². The lowest BCUT2D eigenvalue weighted by Gasteiger charge is -2.30. The Hall–Kier alpha value is -0.0900. The van der Waals surface area contributed by atoms with E-state index in [1.165, 1.54) is 6.26 Å². The monoisotopic (exact) mass is 207 g/mol. The lowest BCUT2D eigenvalue weighted by Crippen LogP contribution is -2.37. The van der Waals surface area contributed by atoms with E-state index in [1.54, 1.807) is 0 Å². The second-order valence-electron chi connectivity index (χ2n) is 4.39. The maximum absolute atomic E-state index is 10.9. The van der Waals surface area contributed by atoms with Crippen molar-refractivity contribution in [1.82, 2.24) is 4.72 Å². The maximum Gasteiger partial charge on any atom is 0.208 e. The Morgan fingerprint density at radius 3 is 2.15 bits per heavy atom. The Morgan fingerprint density at radius 2 is 1.85 bits per heavy atom. The first-order chi connectivity index (χ1) is 5.69. The van der Waals surface area contributed by atoms with Crippen LogP contribution in [0.2, 0.25) is 0 Å². The molecule has 0 aliphatic carbocycles. The number of nitrogens with one attached hydrogen (secondary N) is 1. The highest BCUT2D eigenvalue weighted by molar-refractivity contribution is 7.88. The van der Waals surface area contributed by atoms with Gasteiger partial charge in [-0.3, -0.25) is 0 Å². The second-order valence-corrected chi connectivity index (χ2v) is 6.22. The minimum atomic E-state index is -3.05. The summed E-state index contributed by atoms with van der Waals surface area (Å²) in [6.07, 6.45) is 2.26. The van der Waals surface area contributed by atoms with Gasteiger partial charge in [-0.2, -0.15) is 0 Å². The van der Waals surface area contributed by atoms with Gasteiger partial charge >= 0.3 is 0 Å². The van der Waals surface area contributed by atoms with Crippen molar-refractivity contribution in [3.05, 3.63) is 0 Å². The first-order valence-corrected chi connectivity index (χ1v) is 6.53. The third kappa shape index (κ3) is 5.26. The van der Waals surface area contributed by atoms with Gasteiger partial charge in [0.1, 0.15) is 0 Å². The standard InChI is InChI=1S/C9H21NO2S/c1-6-8(2)9(3,4)7-10-13(5,11)12/h8,10H,6-7H2,1-5H3. The summed E-state index contributed by atoms with van der Waals surface area (Å²) >= 11 is 0. The van der Waals surface area contributed by atoms with Gasteiger partial charge in [0.05, 0.1) is 6.26 Å². The van der Waals surface area contributed by atoms with Gasteiger partial charge in [0, 0.05) is 6.54 Å². The minimum absolute atomic E-state index is 0.0256. The third-order valence-electron chi connectivity index (χ3n) is 2.74. The molecule has 1 N–H and O–H groups in total. The van der Waals surface area contributed by atoms with Crippen LogP contribution in [0.25, 0.3) is 0 Å². The molecule has 0 radical (unpaired) electrons. The highest BCUT2D eigenvalue weighted by Crippen LogP contribution is 2.27. The number of hydrogen-bond acceptors (Lipinski definition) is 2. The van der Waals surface area contributed by atoms with Crippen LogP contribution in [0, 0.1) is 11.3 Å². The highest BCUT2D eigenvalue weighted by Gasteiger charge is 2.25. The lowest BCUT2D eigenvalue weighted by molar-refractivity contribution is 0.227. The van der Waals surface area contributed by atoms with Crippen LogP contribution >= 0.6 is 0 Å². The fraction of sp³-hybridized carbons (Fsp3) is 1.00. The molecular formula is C9H21NO2S. The van der Waals surface area contributed by atoms with Crippen molar-refractivity contribution in [2.24, 2.45) is 11.3 Å². The minimum Gasteiger partial charge on any atom is -0.215 e. The molecule has 1 unspecified atom stereocenters. The molecule has 0 aliphatic heterocycles. The molecule has 0 spiro atoms. The summed E-state index contributed by atoms with van der Waals surface area (Å²) in [7, 11) is -3.05. The van der Waals surface area contributed by atoms with Crippen LogP contribution in [0.5, 0.6) is 0 Å². The van der Waals surface area contributed by atoms with E-state index in [9.17, 15) is 8.42 Å². The Kier molecular flexibility index (Phi) is 4.39. The first-order valence-electron chi connectivity index (χ1n) is 4.63. The quantitative estimate of drug-likeness (QED) is 0.744. The lowest BCUT2D eigenvalue weighted by atomic mass is 9.79. The zero-order valence-electron chi connectivity index (χ0n) is 9.22. The van der Waals surface area contributed by atoms with Crippen molar-refractivity contribution in [2.75, 3.05) is 12.8 Å². The molecule has 0 fully saturated rings. The molecular weight excluding hydrogens is 186 g/mol. The van der Waals surface area contributed by atoms with Crippen LogP contribution in [-0.2, 0) is 10.0 Å². The van der Waals surface area contributed by atoms with Crippen molar-refractivity contribution in [3.8, 4) is 0 Å². The zero-order chi connectivity index (χ0) is 10.7. The smallest absolute Gasteiger partial charge is 0.208 e. The van der Waals surface area contributed by atoms with Gasteiger partial charge in [-0.05, 0) is 11.3 Å². The Balaban J connectivity index is 4.19. The number of hydrogen-bond donors (Lipinski definition) is 1. The normalized spacial score (nSPS) is 15.8. The number of sulfonamides is 1. The fourth-order valence-corrected chi connectivity index (χ4v) is 1.68. The molecule has 0 aliphatic rings. The molecule has 3 nitrogen and oxygen atoms in total. The van der Waals surface area contributed by atoms with Gasteiger partial charge < -0.3 is 0 Å². The van der Waals surface area contributed by atoms with Crippen LogP contribution in [-0.4, -0.2) is 21.2 Å². The fourth-order valence-electron chi connectivity index (χ4n) is 1.04. The maximum atomic E-state index is 10.9. The molecule has 80 valence electrons. The summed E-state index contributed by atoms with van der Waals surface area (Å²) in [6, 6.07) is 0. The van der Waals surface area contributed by atoms with Crippen molar-refractivity contribution in [2.45, 2.75) is 34.1 Å². The van der Waals surface area contributed by atoms with Crippen molar-refractivity contribution >= 4 is 10.0 Å². The molecule has 0 heterocycles. The van der Waals surface area contributed by atoms with Crippen molar-refractivity contribution < 1.29 is 8.42 Å². The molecule has 13 heavy (non-hydrogen) atoms. The number of rotatable bonds is 5. The Bertz CT molecular complexity index is 244. The average Bonchev–Trinajstić information content (AvgIpc) is 1.98. The first kappa shape index (κ1) is 12.9. The van der Waals surface area contributed by atoms with E-state index in [-0.39, 0.29) is 5.41 Å². The average molecular weight is 207 g/mol. The predicted octanol–water partition coefficient (Wildman–Crippen LogP) is 1.61. The Labute approximate surface area is 82.0 Å². The molecule has 0 amide bonds. The van der Waals surface area contributed by atoms with E-state index >= 15 is 0 Å². The molecule has 0 aromatic heterocycles. The molecule has 1 atom stereocenters. The van der Waals surface area contributed by atoms with Gasteiger partial charge in [0.25, 0.3) is 0 Å². The molecule has 0 saturated carbocycles. The Morgan fingerprint density at radius 1 is 1.38 bits per heavy atom. The van der Waals surface area contributed by atoms with E-state index in [2.05, 4.69) is 32.4 Å². The van der Waals surface area contributed by atoms with E-state index in [0.717, 1.165) is 6.42 Å². The summed E-state index contributed by atoms with van der Waals surface area (Å²) in [4.78, 5) is 0. The van der Waals surface area contributed by atoms with Gasteiger partial charge in [-0.25, -0.2) is 13.1 Å². The summed E-state index contributed by atoms with van der Waals surface area (Å²) in [6.45, 7) is 8.94. The van der Waals surface area contributed by atoms with Crippen molar-refractivity contribution in [3.63, 3.8) is 0 Å². The van der Waals surface area contributed by atoms with Crippen molar-refractivity contribution in [1.29, 1.82) is 0 Å². The predicted molar refractivity (Wildman–Crippen MR) is 56.1 cm³/mol. The van der Waals surface area contributed by atoms with Crippen LogP contribution in [0.4, 0.5) is 0 Å². The topological polar surface area (TPSA) is 46.2 Å². The van der Waals surface area contributed by atoms with Gasteiger partial charge in [0.15, 0.2) is 0 Å². The molecule has 0 aromatic rings. The summed E-state index contributed by atoms with van der Waals surface area (Å²) in [5.41, 5.74) is 0.0256. The molecule has 0 aromatic carbocycles. The molecule has 0 saturated heterocycles. The summed E-state index contributed by atoms with van der Waals surface area (Å²) in [5, 5.41) is 0. The van der Waals surface area contributed by atoms with Gasteiger partial charge in [0.2, 0.25) is 10.0 Å². The molecule has 0 bridgehead atoms. The largest absolute Gasteiger partial charge is 0.215 e. The molecule has 4 heteroatoms. The van der Waals surface area contributed by atoms with Crippen LogP contribution < -0.4 is 4.72 Å². The van der Waals surface area contributed by atoms with Gasteiger partial charge in [-0.1, -0.05) is 34.1 Å². The van der Waals surface area contributed by atoms with Crippen LogP contribution in [0.1, 0.15) is 34.1 Å². The van der Waals surface area contributed by atoms with Crippen LogP contribution in [0.3, 0.4) is 0 Å².